The molecule has 0 saturated carbocycles. The van der Waals surface area contributed by atoms with E-state index in [1.165, 1.54) is 6.08 Å². The Balaban J connectivity index is 1.51. The van der Waals surface area contributed by atoms with E-state index in [9.17, 15) is 9.59 Å². The Kier molecular flexibility index (Phi) is 6.95. The highest BCUT2D eigenvalue weighted by Gasteiger charge is 2.23. The number of pyridine rings is 1. The lowest BCUT2D eigenvalue weighted by atomic mass is 10.1. The molecule has 9 heteroatoms. The molecule has 1 saturated heterocycles. The summed E-state index contributed by atoms with van der Waals surface area (Å²) >= 11 is 12.1. The van der Waals surface area contributed by atoms with Crippen molar-refractivity contribution in [2.24, 2.45) is 0 Å². The number of nitrogens with one attached hydrogen (secondary N) is 2. The summed E-state index contributed by atoms with van der Waals surface area (Å²) < 4.78 is 0. The van der Waals surface area contributed by atoms with Gasteiger partial charge in [0.25, 0.3) is 0 Å². The van der Waals surface area contributed by atoms with Crippen molar-refractivity contribution in [1.29, 1.82) is 0 Å². The molecule has 1 aromatic carbocycles. The number of hydrogen-bond donors (Lipinski definition) is 3. The van der Waals surface area contributed by atoms with Gasteiger partial charge in [0.2, 0.25) is 0 Å². The molecule has 1 aromatic heterocycles. The van der Waals surface area contributed by atoms with Gasteiger partial charge in [0.1, 0.15) is 5.82 Å². The number of halogens is 2. The highest BCUT2D eigenvalue weighted by Crippen LogP contribution is 2.24. The number of urea groups is 1. The van der Waals surface area contributed by atoms with Gasteiger partial charge in [-0.05, 0) is 54.8 Å². The summed E-state index contributed by atoms with van der Waals surface area (Å²) in [6, 6.07) is 8.64. The summed E-state index contributed by atoms with van der Waals surface area (Å²) in [5.41, 5.74) is 1.31. The van der Waals surface area contributed by atoms with Gasteiger partial charge in [0.05, 0.1) is 5.02 Å². The maximum atomic E-state index is 12.4. The number of amides is 2. The Labute approximate surface area is 178 Å². The number of carbonyl (C=O) groups excluding carboxylic acids is 1. The number of nitrogens with zero attached hydrogens (tertiary/aromatic N) is 2. The van der Waals surface area contributed by atoms with Crippen LogP contribution in [0.3, 0.4) is 0 Å². The number of anilines is 2. The molecular formula is C20H20Cl2N4O3. The third-order valence-corrected chi connectivity index (χ3v) is 5.04. The summed E-state index contributed by atoms with van der Waals surface area (Å²) in [7, 11) is 0. The average Bonchev–Trinajstić information content (AvgIpc) is 2.70. The van der Waals surface area contributed by atoms with Gasteiger partial charge >= 0.3 is 12.0 Å². The molecule has 7 nitrogen and oxygen atoms in total. The van der Waals surface area contributed by atoms with E-state index in [1.807, 2.05) is 0 Å². The van der Waals surface area contributed by atoms with Gasteiger partial charge in [0, 0.05) is 42.1 Å². The highest BCUT2D eigenvalue weighted by atomic mass is 35.5. The predicted octanol–water partition coefficient (Wildman–Crippen LogP) is 4.59. The Morgan fingerprint density at radius 2 is 1.86 bits per heavy atom. The first kappa shape index (κ1) is 21.0. The number of carboxylic acid groups (broad SMARTS) is 1. The molecule has 152 valence electrons. The Morgan fingerprint density at radius 1 is 1.17 bits per heavy atom. The zero-order chi connectivity index (χ0) is 20.8. The van der Waals surface area contributed by atoms with Crippen LogP contribution in [0.2, 0.25) is 10.0 Å². The Morgan fingerprint density at radius 3 is 2.48 bits per heavy atom. The van der Waals surface area contributed by atoms with E-state index in [-0.39, 0.29) is 12.1 Å². The molecule has 0 radical (unpaired) electrons. The number of rotatable bonds is 5. The van der Waals surface area contributed by atoms with Crippen molar-refractivity contribution in [3.63, 3.8) is 0 Å². The number of benzene rings is 1. The molecule has 0 spiro atoms. The molecule has 0 aliphatic carbocycles. The van der Waals surface area contributed by atoms with E-state index < -0.39 is 5.97 Å². The first-order valence-electron chi connectivity index (χ1n) is 9.05. The first-order valence-corrected chi connectivity index (χ1v) is 9.81. The molecule has 0 unspecified atom stereocenters. The molecule has 1 aliphatic heterocycles. The molecule has 2 amide bonds. The van der Waals surface area contributed by atoms with Gasteiger partial charge in [-0.3, -0.25) is 0 Å². The SMILES string of the molecule is O=C(O)/C=C/c1cnc(NC2CCN(C(=O)Nc3ccc(Cl)cc3)CC2)c(Cl)c1. The second-order valence-electron chi connectivity index (χ2n) is 6.61. The third-order valence-electron chi connectivity index (χ3n) is 4.50. The third kappa shape index (κ3) is 6.10. The van der Waals surface area contributed by atoms with Crippen LogP contribution in [0.15, 0.2) is 42.6 Å². The van der Waals surface area contributed by atoms with Gasteiger partial charge in [-0.2, -0.15) is 0 Å². The monoisotopic (exact) mass is 434 g/mol. The van der Waals surface area contributed by atoms with Crippen LogP contribution in [0.25, 0.3) is 6.08 Å². The zero-order valence-corrected chi connectivity index (χ0v) is 17.0. The highest BCUT2D eigenvalue weighted by molar-refractivity contribution is 6.33. The number of carbonyl (C=O) groups is 2. The summed E-state index contributed by atoms with van der Waals surface area (Å²) in [5, 5.41) is 15.9. The molecule has 1 fully saturated rings. The molecule has 29 heavy (non-hydrogen) atoms. The van der Waals surface area contributed by atoms with Crippen LogP contribution in [0, 0.1) is 0 Å². The van der Waals surface area contributed by atoms with E-state index in [0.717, 1.165) is 18.9 Å². The maximum Gasteiger partial charge on any atom is 0.328 e. The average molecular weight is 435 g/mol. The number of carboxylic acids is 1. The lowest BCUT2D eigenvalue weighted by Crippen LogP contribution is -2.44. The zero-order valence-electron chi connectivity index (χ0n) is 15.4. The molecule has 1 aliphatic rings. The fraction of sp³-hybridized carbons (Fsp3) is 0.250. The van der Waals surface area contributed by atoms with Crippen molar-refractivity contribution in [1.82, 2.24) is 9.88 Å². The van der Waals surface area contributed by atoms with E-state index in [2.05, 4.69) is 15.6 Å². The normalized spacial score (nSPS) is 14.8. The Hall–Kier alpha value is -2.77. The van der Waals surface area contributed by atoms with E-state index in [0.29, 0.717) is 40.2 Å². The van der Waals surface area contributed by atoms with Crippen molar-refractivity contribution in [3.8, 4) is 0 Å². The summed E-state index contributed by atoms with van der Waals surface area (Å²) in [4.78, 5) is 29.0. The quantitative estimate of drug-likeness (QED) is 0.597. The largest absolute Gasteiger partial charge is 0.478 e. The smallest absolute Gasteiger partial charge is 0.328 e. The molecule has 0 atom stereocenters. The van der Waals surface area contributed by atoms with Crippen LogP contribution in [0.4, 0.5) is 16.3 Å². The van der Waals surface area contributed by atoms with Crippen LogP contribution in [0.1, 0.15) is 18.4 Å². The minimum absolute atomic E-state index is 0.139. The van der Waals surface area contributed by atoms with Crippen LogP contribution in [0.5, 0.6) is 0 Å². The molecule has 2 aromatic rings. The van der Waals surface area contributed by atoms with Gasteiger partial charge in [-0.15, -0.1) is 0 Å². The van der Waals surface area contributed by atoms with Crippen molar-refractivity contribution < 1.29 is 14.7 Å². The number of aromatic nitrogens is 1. The van der Waals surface area contributed by atoms with E-state index >= 15 is 0 Å². The van der Waals surface area contributed by atoms with Gasteiger partial charge in [-0.25, -0.2) is 14.6 Å². The van der Waals surface area contributed by atoms with Crippen molar-refractivity contribution in [2.45, 2.75) is 18.9 Å². The van der Waals surface area contributed by atoms with Crippen LogP contribution in [-0.2, 0) is 4.79 Å². The minimum atomic E-state index is -1.03. The van der Waals surface area contributed by atoms with Crippen molar-refractivity contribution in [2.75, 3.05) is 23.7 Å². The fourth-order valence-electron chi connectivity index (χ4n) is 2.97. The van der Waals surface area contributed by atoms with Crippen molar-refractivity contribution in [3.05, 3.63) is 58.2 Å². The van der Waals surface area contributed by atoms with Crippen LogP contribution < -0.4 is 10.6 Å². The second-order valence-corrected chi connectivity index (χ2v) is 7.46. The van der Waals surface area contributed by atoms with Gasteiger partial charge in [0.15, 0.2) is 0 Å². The minimum Gasteiger partial charge on any atom is -0.478 e. The summed E-state index contributed by atoms with van der Waals surface area (Å²) in [5.74, 6) is -0.488. The van der Waals surface area contributed by atoms with Crippen LogP contribution in [-0.4, -0.2) is 46.1 Å². The molecule has 0 bridgehead atoms. The van der Waals surface area contributed by atoms with Gasteiger partial charge < -0.3 is 20.6 Å². The number of hydrogen-bond acceptors (Lipinski definition) is 4. The number of likely N-dealkylation sites (tertiary alicyclic amines) is 1. The molecule has 3 rings (SSSR count). The van der Waals surface area contributed by atoms with Gasteiger partial charge in [-0.1, -0.05) is 23.2 Å². The number of piperidine rings is 1. The lowest BCUT2D eigenvalue weighted by molar-refractivity contribution is -0.131. The fourth-order valence-corrected chi connectivity index (χ4v) is 3.33. The lowest BCUT2D eigenvalue weighted by Gasteiger charge is -2.32. The summed E-state index contributed by atoms with van der Waals surface area (Å²) in [6.45, 7) is 1.21. The predicted molar refractivity (Wildman–Crippen MR) is 115 cm³/mol. The topological polar surface area (TPSA) is 94.6 Å². The Bertz CT molecular complexity index is 910. The van der Waals surface area contributed by atoms with Crippen LogP contribution >= 0.6 is 23.2 Å². The maximum absolute atomic E-state index is 12.4. The van der Waals surface area contributed by atoms with E-state index in [1.54, 1.807) is 41.4 Å². The molecule has 3 N–H and O–H groups in total. The van der Waals surface area contributed by atoms with Crippen molar-refractivity contribution >= 4 is 52.8 Å². The second kappa shape index (κ2) is 9.62. The summed E-state index contributed by atoms with van der Waals surface area (Å²) in [6.07, 6.45) is 5.54. The van der Waals surface area contributed by atoms with E-state index in [4.69, 9.17) is 28.3 Å². The molecule has 2 heterocycles. The molecular weight excluding hydrogens is 415 g/mol. The number of aliphatic carboxylic acids is 1. The standard InChI is InChI=1S/C20H20Cl2N4O3/c21-14-2-4-15(5-3-14)25-20(29)26-9-7-16(8-10-26)24-19-17(22)11-13(12-23-19)1-6-18(27)28/h1-6,11-12,16H,7-10H2,(H,23,24)(H,25,29)(H,27,28)/b6-1+. The first-order chi connectivity index (χ1) is 13.9.